The minimum Gasteiger partial charge on any atom is -0.392 e. The highest BCUT2D eigenvalue weighted by molar-refractivity contribution is 5.73. The van der Waals surface area contributed by atoms with Crippen LogP contribution in [0.1, 0.15) is 40.5 Å². The van der Waals surface area contributed by atoms with E-state index in [1.165, 1.54) is 0 Å². The fourth-order valence-electron chi connectivity index (χ4n) is 1.12. The number of carbonyl (C=O) groups is 1. The highest BCUT2D eigenvalue weighted by Gasteiger charge is 2.09. The standard InChI is InChI=1S/C11H24N2O2/c1-9(14)8-13-10(15)12-7-5-6-11(2,3)4/h9,14H,5-8H2,1-4H3,(H2,12,13,15)/t9-/m0/s1. The lowest BCUT2D eigenvalue weighted by molar-refractivity contribution is 0.187. The molecule has 2 amide bonds. The number of hydrogen-bond donors (Lipinski definition) is 3. The lowest BCUT2D eigenvalue weighted by atomic mass is 9.91. The first-order valence-corrected chi connectivity index (χ1v) is 5.51. The van der Waals surface area contributed by atoms with E-state index in [-0.39, 0.29) is 6.03 Å². The molecule has 1 atom stereocenters. The van der Waals surface area contributed by atoms with Crippen molar-refractivity contribution in [3.63, 3.8) is 0 Å². The van der Waals surface area contributed by atoms with Gasteiger partial charge in [0.1, 0.15) is 0 Å². The zero-order valence-corrected chi connectivity index (χ0v) is 10.3. The third-order valence-corrected chi connectivity index (χ3v) is 1.95. The molecule has 0 aromatic rings. The van der Waals surface area contributed by atoms with Crippen LogP contribution in [-0.2, 0) is 0 Å². The third kappa shape index (κ3) is 11.2. The first kappa shape index (κ1) is 14.2. The number of urea groups is 1. The molecule has 0 heterocycles. The van der Waals surface area contributed by atoms with Crippen molar-refractivity contribution < 1.29 is 9.90 Å². The number of carbonyl (C=O) groups excluding carboxylic acids is 1. The summed E-state index contributed by atoms with van der Waals surface area (Å²) in [6.45, 7) is 9.16. The van der Waals surface area contributed by atoms with Gasteiger partial charge in [0.05, 0.1) is 6.10 Å². The van der Waals surface area contributed by atoms with Crippen LogP contribution < -0.4 is 10.6 Å². The first-order chi connectivity index (χ1) is 6.81. The molecule has 0 aromatic heterocycles. The van der Waals surface area contributed by atoms with E-state index < -0.39 is 6.10 Å². The molecule has 0 saturated heterocycles. The second-order valence-corrected chi connectivity index (χ2v) is 5.15. The van der Waals surface area contributed by atoms with Gasteiger partial charge in [0.15, 0.2) is 0 Å². The largest absolute Gasteiger partial charge is 0.392 e. The Morgan fingerprint density at radius 2 is 1.93 bits per heavy atom. The highest BCUT2D eigenvalue weighted by atomic mass is 16.3. The minimum absolute atomic E-state index is 0.204. The topological polar surface area (TPSA) is 61.4 Å². The fraction of sp³-hybridized carbons (Fsp3) is 0.909. The van der Waals surface area contributed by atoms with Crippen molar-refractivity contribution in [2.24, 2.45) is 5.41 Å². The molecule has 0 rings (SSSR count). The van der Waals surface area contributed by atoms with Gasteiger partial charge in [-0.2, -0.15) is 0 Å². The maximum atomic E-state index is 11.1. The van der Waals surface area contributed by atoms with Crippen LogP contribution >= 0.6 is 0 Å². The van der Waals surface area contributed by atoms with Crippen LogP contribution in [0.25, 0.3) is 0 Å². The Balaban J connectivity index is 3.40. The van der Waals surface area contributed by atoms with Gasteiger partial charge < -0.3 is 15.7 Å². The van der Waals surface area contributed by atoms with Crippen LogP contribution in [-0.4, -0.2) is 30.3 Å². The number of hydrogen-bond acceptors (Lipinski definition) is 2. The van der Waals surface area contributed by atoms with Crippen LogP contribution in [0.2, 0.25) is 0 Å². The number of nitrogens with one attached hydrogen (secondary N) is 2. The summed E-state index contributed by atoms with van der Waals surface area (Å²) in [5, 5.41) is 14.3. The Kier molecular flexibility index (Phi) is 6.32. The molecule has 0 aliphatic rings. The Bertz CT molecular complexity index is 186. The molecule has 0 unspecified atom stereocenters. The zero-order valence-electron chi connectivity index (χ0n) is 10.3. The number of rotatable bonds is 5. The summed E-state index contributed by atoms with van der Waals surface area (Å²) in [5.74, 6) is 0. The molecule has 15 heavy (non-hydrogen) atoms. The van der Waals surface area contributed by atoms with Crippen LogP contribution in [0.15, 0.2) is 0 Å². The molecular weight excluding hydrogens is 192 g/mol. The van der Waals surface area contributed by atoms with Gasteiger partial charge in [0, 0.05) is 13.1 Å². The van der Waals surface area contributed by atoms with E-state index in [9.17, 15) is 4.79 Å². The summed E-state index contributed by atoms with van der Waals surface area (Å²) < 4.78 is 0. The quantitative estimate of drug-likeness (QED) is 0.610. The zero-order chi connectivity index (χ0) is 11.9. The van der Waals surface area contributed by atoms with E-state index >= 15 is 0 Å². The van der Waals surface area contributed by atoms with E-state index in [1.807, 2.05) is 0 Å². The molecule has 0 saturated carbocycles. The molecule has 0 bridgehead atoms. The minimum atomic E-state index is -0.495. The normalized spacial score (nSPS) is 13.4. The van der Waals surface area contributed by atoms with E-state index in [1.54, 1.807) is 6.92 Å². The predicted octanol–water partition coefficient (Wildman–Crippen LogP) is 1.49. The number of aliphatic hydroxyl groups is 1. The highest BCUT2D eigenvalue weighted by Crippen LogP contribution is 2.19. The van der Waals surface area contributed by atoms with Crippen molar-refractivity contribution >= 4 is 6.03 Å². The van der Waals surface area contributed by atoms with Gasteiger partial charge in [-0.3, -0.25) is 0 Å². The maximum Gasteiger partial charge on any atom is 0.314 e. The maximum absolute atomic E-state index is 11.1. The second kappa shape index (κ2) is 6.67. The van der Waals surface area contributed by atoms with Gasteiger partial charge in [-0.15, -0.1) is 0 Å². The molecule has 0 radical (unpaired) electrons. The van der Waals surface area contributed by atoms with E-state index in [4.69, 9.17) is 5.11 Å². The number of amides is 2. The van der Waals surface area contributed by atoms with Crippen molar-refractivity contribution in [2.75, 3.05) is 13.1 Å². The van der Waals surface area contributed by atoms with Crippen LogP contribution in [0.5, 0.6) is 0 Å². The summed E-state index contributed by atoms with van der Waals surface area (Å²) in [4.78, 5) is 11.1. The van der Waals surface area contributed by atoms with Gasteiger partial charge in [-0.05, 0) is 25.2 Å². The SMILES string of the molecule is C[C@H](O)CNC(=O)NCCCC(C)(C)C. The summed E-state index contributed by atoms with van der Waals surface area (Å²) >= 11 is 0. The summed E-state index contributed by atoms with van der Waals surface area (Å²) in [7, 11) is 0. The third-order valence-electron chi connectivity index (χ3n) is 1.95. The van der Waals surface area contributed by atoms with Gasteiger partial charge in [0.25, 0.3) is 0 Å². The summed E-state index contributed by atoms with van der Waals surface area (Å²) in [6.07, 6.45) is 1.57. The molecule has 0 fully saturated rings. The molecule has 0 aromatic carbocycles. The average molecular weight is 216 g/mol. The van der Waals surface area contributed by atoms with Crippen molar-refractivity contribution in [3.05, 3.63) is 0 Å². The summed E-state index contributed by atoms with van der Waals surface area (Å²) in [6, 6.07) is -0.204. The van der Waals surface area contributed by atoms with Crippen molar-refractivity contribution in [3.8, 4) is 0 Å². The molecule has 0 spiro atoms. The smallest absolute Gasteiger partial charge is 0.314 e. The lowest BCUT2D eigenvalue weighted by Gasteiger charge is -2.17. The number of aliphatic hydroxyl groups excluding tert-OH is 1. The Labute approximate surface area is 92.4 Å². The lowest BCUT2D eigenvalue weighted by Crippen LogP contribution is -2.39. The van der Waals surface area contributed by atoms with Crippen LogP contribution in [0, 0.1) is 5.41 Å². The van der Waals surface area contributed by atoms with Gasteiger partial charge in [-0.25, -0.2) is 4.79 Å². The Hall–Kier alpha value is -0.770. The molecule has 4 nitrogen and oxygen atoms in total. The van der Waals surface area contributed by atoms with Gasteiger partial charge >= 0.3 is 6.03 Å². The molecule has 3 N–H and O–H groups in total. The van der Waals surface area contributed by atoms with Crippen molar-refractivity contribution in [1.29, 1.82) is 0 Å². The Morgan fingerprint density at radius 1 is 1.33 bits per heavy atom. The van der Waals surface area contributed by atoms with E-state index in [0.717, 1.165) is 12.8 Å². The molecule has 90 valence electrons. The fourth-order valence-corrected chi connectivity index (χ4v) is 1.12. The van der Waals surface area contributed by atoms with Crippen LogP contribution in [0.4, 0.5) is 4.79 Å². The van der Waals surface area contributed by atoms with E-state index in [2.05, 4.69) is 31.4 Å². The van der Waals surface area contributed by atoms with E-state index in [0.29, 0.717) is 18.5 Å². The molecule has 4 heteroatoms. The monoisotopic (exact) mass is 216 g/mol. The average Bonchev–Trinajstić information content (AvgIpc) is 2.07. The Morgan fingerprint density at radius 3 is 2.40 bits per heavy atom. The van der Waals surface area contributed by atoms with Crippen molar-refractivity contribution in [2.45, 2.75) is 46.6 Å². The van der Waals surface area contributed by atoms with Crippen LogP contribution in [0.3, 0.4) is 0 Å². The first-order valence-electron chi connectivity index (χ1n) is 5.51. The van der Waals surface area contributed by atoms with Crippen molar-refractivity contribution in [1.82, 2.24) is 10.6 Å². The molecule has 0 aliphatic carbocycles. The molecule has 0 aliphatic heterocycles. The summed E-state index contributed by atoms with van der Waals surface area (Å²) in [5.41, 5.74) is 0.317. The predicted molar refractivity (Wildman–Crippen MR) is 61.8 cm³/mol. The molecular formula is C11H24N2O2. The van der Waals surface area contributed by atoms with Gasteiger partial charge in [0.2, 0.25) is 0 Å². The van der Waals surface area contributed by atoms with Gasteiger partial charge in [-0.1, -0.05) is 20.8 Å². The second-order valence-electron chi connectivity index (χ2n) is 5.15.